The standard InChI is InChI=1S/C17H14O6/c1-10-7-16(18)23-14-8-11(3-4-12(10)14)22-9-15-13(5-6-21-15)17(19)20-2/h3-8H,9H2,1-2H3. The van der Waals surface area contributed by atoms with Gasteiger partial charge in [-0.1, -0.05) is 0 Å². The van der Waals surface area contributed by atoms with Crippen LogP contribution in [0.5, 0.6) is 5.75 Å². The second-order valence-corrected chi connectivity index (χ2v) is 4.94. The number of rotatable bonds is 4. The SMILES string of the molecule is COC(=O)c1ccoc1COc1ccc2c(C)cc(=O)oc2c1. The Labute approximate surface area is 131 Å². The van der Waals surface area contributed by atoms with Gasteiger partial charge in [-0.25, -0.2) is 9.59 Å². The molecule has 0 aliphatic heterocycles. The van der Waals surface area contributed by atoms with Crippen molar-refractivity contribution < 1.29 is 23.1 Å². The van der Waals surface area contributed by atoms with E-state index in [-0.39, 0.29) is 6.61 Å². The summed E-state index contributed by atoms with van der Waals surface area (Å²) in [7, 11) is 1.30. The van der Waals surface area contributed by atoms with E-state index < -0.39 is 11.6 Å². The number of fused-ring (bicyclic) bond motifs is 1. The van der Waals surface area contributed by atoms with E-state index in [1.807, 2.05) is 13.0 Å². The van der Waals surface area contributed by atoms with Crippen LogP contribution in [0.1, 0.15) is 21.7 Å². The molecule has 1 aromatic carbocycles. The lowest BCUT2D eigenvalue weighted by molar-refractivity contribution is 0.0595. The van der Waals surface area contributed by atoms with Crippen LogP contribution in [0.4, 0.5) is 0 Å². The topological polar surface area (TPSA) is 78.9 Å². The van der Waals surface area contributed by atoms with Crippen molar-refractivity contribution in [3.05, 3.63) is 63.9 Å². The molecular weight excluding hydrogens is 300 g/mol. The minimum atomic E-state index is -0.488. The van der Waals surface area contributed by atoms with E-state index in [4.69, 9.17) is 13.6 Å². The number of ether oxygens (including phenoxy) is 2. The molecule has 0 atom stereocenters. The van der Waals surface area contributed by atoms with Gasteiger partial charge in [-0.3, -0.25) is 0 Å². The van der Waals surface area contributed by atoms with E-state index in [2.05, 4.69) is 4.74 Å². The van der Waals surface area contributed by atoms with Crippen LogP contribution in [0, 0.1) is 6.92 Å². The normalized spacial score (nSPS) is 10.7. The first-order valence-corrected chi connectivity index (χ1v) is 6.90. The summed E-state index contributed by atoms with van der Waals surface area (Å²) in [6.07, 6.45) is 1.40. The summed E-state index contributed by atoms with van der Waals surface area (Å²) in [5.41, 5.74) is 1.18. The lowest BCUT2D eigenvalue weighted by Crippen LogP contribution is -2.05. The van der Waals surface area contributed by atoms with E-state index in [9.17, 15) is 9.59 Å². The Kier molecular flexibility index (Phi) is 3.89. The van der Waals surface area contributed by atoms with Gasteiger partial charge in [0.2, 0.25) is 0 Å². The number of esters is 1. The third-order valence-corrected chi connectivity index (χ3v) is 3.44. The summed E-state index contributed by atoms with van der Waals surface area (Å²) in [4.78, 5) is 23.0. The van der Waals surface area contributed by atoms with Gasteiger partial charge in [-0.2, -0.15) is 0 Å². The van der Waals surface area contributed by atoms with Crippen molar-refractivity contribution in [2.45, 2.75) is 13.5 Å². The summed E-state index contributed by atoms with van der Waals surface area (Å²) in [5, 5.41) is 0.838. The average molecular weight is 314 g/mol. The number of hydrogen-bond donors (Lipinski definition) is 0. The molecule has 118 valence electrons. The molecule has 0 saturated carbocycles. The van der Waals surface area contributed by atoms with Gasteiger partial charge in [0.25, 0.3) is 0 Å². The smallest absolute Gasteiger partial charge is 0.341 e. The quantitative estimate of drug-likeness (QED) is 0.544. The predicted molar refractivity (Wildman–Crippen MR) is 81.6 cm³/mol. The molecule has 23 heavy (non-hydrogen) atoms. The first kappa shape index (κ1) is 14.9. The van der Waals surface area contributed by atoms with Crippen molar-refractivity contribution in [3.63, 3.8) is 0 Å². The predicted octanol–water partition coefficient (Wildman–Crippen LogP) is 3.06. The van der Waals surface area contributed by atoms with Crippen LogP contribution < -0.4 is 10.4 Å². The molecule has 3 rings (SSSR count). The molecule has 0 amide bonds. The van der Waals surface area contributed by atoms with Crippen molar-refractivity contribution in [2.75, 3.05) is 7.11 Å². The fourth-order valence-corrected chi connectivity index (χ4v) is 2.29. The van der Waals surface area contributed by atoms with Crippen LogP contribution in [0.3, 0.4) is 0 Å². The van der Waals surface area contributed by atoms with E-state index in [1.165, 1.54) is 25.5 Å². The van der Waals surface area contributed by atoms with Crippen LogP contribution in [0.15, 0.2) is 50.2 Å². The van der Waals surface area contributed by atoms with Gasteiger partial charge < -0.3 is 18.3 Å². The number of hydrogen-bond acceptors (Lipinski definition) is 6. The average Bonchev–Trinajstić information content (AvgIpc) is 3.00. The summed E-state index contributed by atoms with van der Waals surface area (Å²) < 4.78 is 20.7. The Morgan fingerprint density at radius 3 is 2.83 bits per heavy atom. The highest BCUT2D eigenvalue weighted by Crippen LogP contribution is 2.23. The number of carbonyl (C=O) groups excluding carboxylic acids is 1. The van der Waals surface area contributed by atoms with Crippen molar-refractivity contribution >= 4 is 16.9 Å². The molecule has 6 heteroatoms. The Bertz CT molecular complexity index is 918. The lowest BCUT2D eigenvalue weighted by Gasteiger charge is -2.07. The lowest BCUT2D eigenvalue weighted by atomic mass is 10.1. The number of carbonyl (C=O) groups is 1. The van der Waals surface area contributed by atoms with Crippen molar-refractivity contribution in [2.24, 2.45) is 0 Å². The fraction of sp³-hybridized carbons (Fsp3) is 0.176. The zero-order valence-electron chi connectivity index (χ0n) is 12.6. The molecule has 3 aromatic rings. The summed E-state index contributed by atoms with van der Waals surface area (Å²) in [6.45, 7) is 1.89. The van der Waals surface area contributed by atoms with Crippen LogP contribution in [0.2, 0.25) is 0 Å². The second kappa shape index (κ2) is 6.00. The third kappa shape index (κ3) is 2.96. The zero-order valence-corrected chi connectivity index (χ0v) is 12.6. The first-order valence-electron chi connectivity index (χ1n) is 6.90. The molecule has 0 radical (unpaired) electrons. The number of methoxy groups -OCH3 is 1. The van der Waals surface area contributed by atoms with Gasteiger partial charge in [0.15, 0.2) is 5.76 Å². The second-order valence-electron chi connectivity index (χ2n) is 4.94. The van der Waals surface area contributed by atoms with Crippen LogP contribution in [-0.4, -0.2) is 13.1 Å². The highest BCUT2D eigenvalue weighted by molar-refractivity contribution is 5.90. The Morgan fingerprint density at radius 2 is 2.04 bits per heavy atom. The molecule has 0 saturated heterocycles. The summed E-state index contributed by atoms with van der Waals surface area (Å²) >= 11 is 0. The molecule has 2 aromatic heterocycles. The van der Waals surface area contributed by atoms with Crippen molar-refractivity contribution in [1.29, 1.82) is 0 Å². The largest absolute Gasteiger partial charge is 0.485 e. The summed E-state index contributed by atoms with van der Waals surface area (Å²) in [6, 6.07) is 8.16. The Hall–Kier alpha value is -3.02. The molecule has 0 bridgehead atoms. The highest BCUT2D eigenvalue weighted by Gasteiger charge is 2.15. The van der Waals surface area contributed by atoms with Gasteiger partial charge >= 0.3 is 11.6 Å². The number of benzene rings is 1. The maximum atomic E-state index is 11.6. The van der Waals surface area contributed by atoms with Crippen LogP contribution in [-0.2, 0) is 11.3 Å². The van der Waals surface area contributed by atoms with E-state index in [0.717, 1.165) is 10.9 Å². The summed E-state index contributed by atoms with van der Waals surface area (Å²) in [5.74, 6) is 0.374. The van der Waals surface area contributed by atoms with Gasteiger partial charge in [0.1, 0.15) is 23.5 Å². The number of furan rings is 1. The molecule has 0 N–H and O–H groups in total. The van der Waals surface area contributed by atoms with Crippen LogP contribution >= 0.6 is 0 Å². The monoisotopic (exact) mass is 314 g/mol. The van der Waals surface area contributed by atoms with Gasteiger partial charge in [0.05, 0.1) is 13.4 Å². The molecule has 0 unspecified atom stereocenters. The van der Waals surface area contributed by atoms with Crippen molar-refractivity contribution in [3.8, 4) is 5.75 Å². The maximum absolute atomic E-state index is 11.6. The molecule has 2 heterocycles. The fourth-order valence-electron chi connectivity index (χ4n) is 2.29. The molecular formula is C17H14O6. The van der Waals surface area contributed by atoms with Gasteiger partial charge in [0, 0.05) is 17.5 Å². The molecule has 0 aliphatic rings. The van der Waals surface area contributed by atoms with Crippen molar-refractivity contribution in [1.82, 2.24) is 0 Å². The minimum Gasteiger partial charge on any atom is -0.485 e. The Balaban J connectivity index is 1.84. The first-order chi connectivity index (χ1) is 11.1. The third-order valence-electron chi connectivity index (χ3n) is 3.44. The minimum absolute atomic E-state index is 0.0546. The molecule has 0 spiro atoms. The van der Waals surface area contributed by atoms with Gasteiger partial charge in [-0.15, -0.1) is 0 Å². The van der Waals surface area contributed by atoms with E-state index in [1.54, 1.807) is 12.1 Å². The molecule has 6 nitrogen and oxygen atoms in total. The van der Waals surface area contributed by atoms with Crippen LogP contribution in [0.25, 0.3) is 11.0 Å². The Morgan fingerprint density at radius 1 is 1.22 bits per heavy atom. The van der Waals surface area contributed by atoms with Gasteiger partial charge in [-0.05, 0) is 30.7 Å². The zero-order chi connectivity index (χ0) is 16.4. The maximum Gasteiger partial charge on any atom is 0.341 e. The highest BCUT2D eigenvalue weighted by atomic mass is 16.5. The molecule has 0 aliphatic carbocycles. The van der Waals surface area contributed by atoms with E-state index >= 15 is 0 Å². The number of aryl methyl sites for hydroxylation is 1. The molecule has 0 fully saturated rings. The van der Waals surface area contributed by atoms with E-state index in [0.29, 0.717) is 22.7 Å².